The number of halogens is 4. The first-order chi connectivity index (χ1) is 11.3. The maximum Gasteiger partial charge on any atom is 0.387 e. The monoisotopic (exact) mass is 419 g/mol. The average molecular weight is 421 g/mol. The molecular formula is C16H13BrClF2NO3. The van der Waals surface area contributed by atoms with Gasteiger partial charge in [-0.15, -0.1) is 0 Å². The molecular weight excluding hydrogens is 408 g/mol. The minimum absolute atomic E-state index is 0.0208. The van der Waals surface area contributed by atoms with Crippen molar-refractivity contribution in [1.29, 1.82) is 0 Å². The van der Waals surface area contributed by atoms with Crippen LogP contribution in [0.2, 0.25) is 5.02 Å². The van der Waals surface area contributed by atoms with Crippen molar-refractivity contribution in [2.45, 2.75) is 13.5 Å². The first-order valence-electron chi connectivity index (χ1n) is 6.78. The molecule has 0 atom stereocenters. The molecule has 2 aromatic carbocycles. The van der Waals surface area contributed by atoms with Gasteiger partial charge in [0.05, 0.1) is 10.2 Å². The fraction of sp³-hybridized carbons (Fsp3) is 0.188. The second-order valence-corrected chi connectivity index (χ2v) is 6.09. The van der Waals surface area contributed by atoms with E-state index in [2.05, 4.69) is 26.0 Å². The molecule has 0 bridgehead atoms. The highest BCUT2D eigenvalue weighted by molar-refractivity contribution is 9.10. The first-order valence-corrected chi connectivity index (χ1v) is 7.95. The zero-order chi connectivity index (χ0) is 17.7. The Balaban J connectivity index is 2.07. The molecule has 0 unspecified atom stereocenters. The van der Waals surface area contributed by atoms with E-state index in [0.29, 0.717) is 5.75 Å². The maximum atomic E-state index is 12.5. The normalized spacial score (nSPS) is 10.6. The van der Waals surface area contributed by atoms with Crippen LogP contribution in [-0.4, -0.2) is 19.1 Å². The predicted octanol–water partition coefficient (Wildman–Crippen LogP) is 5.03. The lowest BCUT2D eigenvalue weighted by molar-refractivity contribution is -0.118. The first kappa shape index (κ1) is 18.5. The fourth-order valence-electron chi connectivity index (χ4n) is 1.90. The summed E-state index contributed by atoms with van der Waals surface area (Å²) >= 11 is 8.95. The Morgan fingerprint density at radius 1 is 1.33 bits per heavy atom. The van der Waals surface area contributed by atoms with Gasteiger partial charge in [0.2, 0.25) is 0 Å². The number of alkyl halides is 2. The van der Waals surface area contributed by atoms with E-state index in [0.717, 1.165) is 5.56 Å². The predicted molar refractivity (Wildman–Crippen MR) is 91.1 cm³/mol. The molecule has 1 N–H and O–H groups in total. The van der Waals surface area contributed by atoms with Crippen LogP contribution in [0.3, 0.4) is 0 Å². The molecule has 2 rings (SSSR count). The van der Waals surface area contributed by atoms with Crippen molar-refractivity contribution >= 4 is 39.1 Å². The van der Waals surface area contributed by atoms with Crippen LogP contribution in [0.15, 0.2) is 40.9 Å². The molecule has 4 nitrogen and oxygen atoms in total. The van der Waals surface area contributed by atoms with Gasteiger partial charge in [-0.3, -0.25) is 4.79 Å². The second kappa shape index (κ2) is 8.30. The lowest BCUT2D eigenvalue weighted by Gasteiger charge is -2.14. The Morgan fingerprint density at radius 2 is 2.08 bits per heavy atom. The van der Waals surface area contributed by atoms with Crippen LogP contribution < -0.4 is 14.8 Å². The Bertz CT molecular complexity index is 743. The summed E-state index contributed by atoms with van der Waals surface area (Å²) in [4.78, 5) is 12.0. The number of rotatable bonds is 6. The summed E-state index contributed by atoms with van der Waals surface area (Å²) in [6, 6.07) is 9.87. The van der Waals surface area contributed by atoms with E-state index in [1.165, 1.54) is 12.1 Å². The molecule has 0 radical (unpaired) electrons. The van der Waals surface area contributed by atoms with Gasteiger partial charge in [-0.05, 0) is 52.7 Å². The van der Waals surface area contributed by atoms with Gasteiger partial charge in [-0.2, -0.15) is 8.78 Å². The topological polar surface area (TPSA) is 47.6 Å². The third-order valence-corrected chi connectivity index (χ3v) is 3.66. The molecule has 128 valence electrons. The molecule has 0 fully saturated rings. The highest BCUT2D eigenvalue weighted by atomic mass is 79.9. The molecule has 1 amide bonds. The van der Waals surface area contributed by atoms with Crippen LogP contribution in [0, 0.1) is 6.92 Å². The van der Waals surface area contributed by atoms with E-state index in [-0.39, 0.29) is 27.5 Å². The van der Waals surface area contributed by atoms with Crippen molar-refractivity contribution in [3.8, 4) is 11.5 Å². The van der Waals surface area contributed by atoms with Gasteiger partial charge in [-0.25, -0.2) is 0 Å². The van der Waals surface area contributed by atoms with Gasteiger partial charge in [0.15, 0.2) is 12.4 Å². The van der Waals surface area contributed by atoms with Gasteiger partial charge in [0, 0.05) is 5.02 Å². The largest absolute Gasteiger partial charge is 0.484 e. The van der Waals surface area contributed by atoms with Crippen LogP contribution in [-0.2, 0) is 4.79 Å². The molecule has 2 aromatic rings. The minimum atomic E-state index is -3.04. The number of hydrogen-bond acceptors (Lipinski definition) is 3. The molecule has 8 heteroatoms. The maximum absolute atomic E-state index is 12.5. The lowest BCUT2D eigenvalue weighted by atomic mass is 10.2. The Labute approximate surface area is 150 Å². The molecule has 0 saturated heterocycles. The summed E-state index contributed by atoms with van der Waals surface area (Å²) in [6.07, 6.45) is 0. The zero-order valence-corrected chi connectivity index (χ0v) is 14.8. The van der Waals surface area contributed by atoms with Crippen molar-refractivity contribution in [2.24, 2.45) is 0 Å². The summed E-state index contributed by atoms with van der Waals surface area (Å²) in [5, 5.41) is 2.69. The van der Waals surface area contributed by atoms with Crippen molar-refractivity contribution in [3.63, 3.8) is 0 Å². The summed E-state index contributed by atoms with van der Waals surface area (Å²) < 4.78 is 35.0. The van der Waals surface area contributed by atoms with E-state index in [1.807, 2.05) is 13.0 Å². The molecule has 0 spiro atoms. The summed E-state index contributed by atoms with van der Waals surface area (Å²) in [6.45, 7) is -1.44. The number of carbonyl (C=O) groups excluding carboxylic acids is 1. The number of nitrogens with one attached hydrogen (secondary N) is 1. The molecule has 0 heterocycles. The smallest absolute Gasteiger partial charge is 0.387 e. The SMILES string of the molecule is Cc1cccc(OCC(=O)Nc2cc(Cl)cc(Br)c2OC(F)F)c1. The highest BCUT2D eigenvalue weighted by Crippen LogP contribution is 2.37. The molecule has 0 aromatic heterocycles. The fourth-order valence-corrected chi connectivity index (χ4v) is 2.81. The van der Waals surface area contributed by atoms with Gasteiger partial charge in [-0.1, -0.05) is 23.7 Å². The summed E-state index contributed by atoms with van der Waals surface area (Å²) in [5.74, 6) is -0.218. The van der Waals surface area contributed by atoms with Crippen LogP contribution in [0.1, 0.15) is 5.56 Å². The Hall–Kier alpha value is -1.86. The standard InChI is InChI=1S/C16H13BrClF2NO3/c1-9-3-2-4-11(5-9)23-8-14(22)21-13-7-10(18)6-12(17)15(13)24-16(19)20/h2-7,16H,8H2,1H3,(H,21,22). The number of benzene rings is 2. The number of aryl methyl sites for hydroxylation is 1. The highest BCUT2D eigenvalue weighted by Gasteiger charge is 2.17. The summed E-state index contributed by atoms with van der Waals surface area (Å²) in [7, 11) is 0. The van der Waals surface area contributed by atoms with Gasteiger partial charge in [0.1, 0.15) is 5.75 Å². The van der Waals surface area contributed by atoms with Crippen LogP contribution in [0.5, 0.6) is 11.5 Å². The van der Waals surface area contributed by atoms with Crippen LogP contribution >= 0.6 is 27.5 Å². The van der Waals surface area contributed by atoms with Gasteiger partial charge >= 0.3 is 6.61 Å². The molecule has 24 heavy (non-hydrogen) atoms. The number of ether oxygens (including phenoxy) is 2. The number of anilines is 1. The average Bonchev–Trinajstić information content (AvgIpc) is 2.48. The molecule has 0 saturated carbocycles. The van der Waals surface area contributed by atoms with Gasteiger partial charge in [0.25, 0.3) is 5.91 Å². The van der Waals surface area contributed by atoms with E-state index < -0.39 is 12.5 Å². The third-order valence-electron chi connectivity index (χ3n) is 2.85. The van der Waals surface area contributed by atoms with E-state index >= 15 is 0 Å². The summed E-state index contributed by atoms with van der Waals surface area (Å²) in [5.41, 5.74) is 1.01. The lowest BCUT2D eigenvalue weighted by Crippen LogP contribution is -2.21. The van der Waals surface area contributed by atoms with Crippen molar-refractivity contribution in [3.05, 3.63) is 51.5 Å². The quantitative estimate of drug-likeness (QED) is 0.713. The van der Waals surface area contributed by atoms with E-state index in [4.69, 9.17) is 16.3 Å². The van der Waals surface area contributed by atoms with Gasteiger partial charge < -0.3 is 14.8 Å². The minimum Gasteiger partial charge on any atom is -0.484 e. The van der Waals surface area contributed by atoms with Crippen molar-refractivity contribution in [1.82, 2.24) is 0 Å². The molecule has 0 aliphatic heterocycles. The number of amides is 1. The van der Waals surface area contributed by atoms with Crippen molar-refractivity contribution in [2.75, 3.05) is 11.9 Å². The van der Waals surface area contributed by atoms with E-state index in [9.17, 15) is 13.6 Å². The van der Waals surface area contributed by atoms with Crippen LogP contribution in [0.25, 0.3) is 0 Å². The van der Waals surface area contributed by atoms with Crippen molar-refractivity contribution < 1.29 is 23.0 Å². The Kier molecular flexibility index (Phi) is 6.39. The van der Waals surface area contributed by atoms with Crippen LogP contribution in [0.4, 0.5) is 14.5 Å². The number of carbonyl (C=O) groups is 1. The molecule has 0 aliphatic carbocycles. The number of hydrogen-bond donors (Lipinski definition) is 1. The second-order valence-electron chi connectivity index (χ2n) is 4.80. The molecule has 0 aliphatic rings. The van der Waals surface area contributed by atoms with E-state index in [1.54, 1.807) is 18.2 Å². The third kappa shape index (κ3) is 5.35. The zero-order valence-electron chi connectivity index (χ0n) is 12.5. The Morgan fingerprint density at radius 3 is 2.75 bits per heavy atom.